The zero-order chi connectivity index (χ0) is 14.0. The van der Waals surface area contributed by atoms with Crippen LogP contribution in [0.4, 0.5) is 0 Å². The van der Waals surface area contributed by atoms with E-state index in [1.807, 2.05) is 4.68 Å². The third-order valence-electron chi connectivity index (χ3n) is 3.64. The maximum Gasteiger partial charge on any atom is 0.0651 e. The van der Waals surface area contributed by atoms with Gasteiger partial charge in [-0.15, -0.1) is 0 Å². The van der Waals surface area contributed by atoms with E-state index in [4.69, 9.17) is 5.73 Å². The predicted molar refractivity (Wildman–Crippen MR) is 79.7 cm³/mol. The van der Waals surface area contributed by atoms with E-state index in [9.17, 15) is 0 Å². The molecule has 0 aliphatic heterocycles. The van der Waals surface area contributed by atoms with Crippen LogP contribution in [0.15, 0.2) is 24.3 Å². The van der Waals surface area contributed by atoms with Crippen molar-refractivity contribution in [3.8, 4) is 5.69 Å². The number of nitrogens with zero attached hydrogens (tertiary/aromatic N) is 2. The van der Waals surface area contributed by atoms with E-state index in [1.165, 1.54) is 16.8 Å². The molecule has 1 heterocycles. The lowest BCUT2D eigenvalue weighted by atomic mass is 10.00. The molecule has 19 heavy (non-hydrogen) atoms. The molecule has 2 aromatic rings. The second kappa shape index (κ2) is 5.57. The summed E-state index contributed by atoms with van der Waals surface area (Å²) < 4.78 is 2.04. The van der Waals surface area contributed by atoms with Crippen molar-refractivity contribution in [1.29, 1.82) is 0 Å². The summed E-state index contributed by atoms with van der Waals surface area (Å²) in [6, 6.07) is 8.44. The highest BCUT2D eigenvalue weighted by Gasteiger charge is 2.14. The van der Waals surface area contributed by atoms with Crippen LogP contribution in [0, 0.1) is 26.7 Å². The Kier molecular flexibility index (Phi) is 4.05. The summed E-state index contributed by atoms with van der Waals surface area (Å²) in [7, 11) is 0. The van der Waals surface area contributed by atoms with Gasteiger partial charge in [-0.25, -0.2) is 4.68 Å². The number of hydrogen-bond donors (Lipinski definition) is 1. The quantitative estimate of drug-likeness (QED) is 0.915. The monoisotopic (exact) mass is 257 g/mol. The van der Waals surface area contributed by atoms with Gasteiger partial charge in [-0.05, 0) is 62.9 Å². The maximum atomic E-state index is 5.73. The average Bonchev–Trinajstić information content (AvgIpc) is 2.66. The van der Waals surface area contributed by atoms with Crippen molar-refractivity contribution in [3.63, 3.8) is 0 Å². The summed E-state index contributed by atoms with van der Waals surface area (Å²) >= 11 is 0. The first kappa shape index (κ1) is 13.8. The topological polar surface area (TPSA) is 43.8 Å². The van der Waals surface area contributed by atoms with Crippen molar-refractivity contribution < 1.29 is 0 Å². The van der Waals surface area contributed by atoms with Crippen LogP contribution in [-0.2, 0) is 6.42 Å². The highest BCUT2D eigenvalue weighted by Crippen LogP contribution is 2.21. The number of aromatic nitrogens is 2. The molecule has 0 radical (unpaired) electrons. The Bertz CT molecular complexity index is 569. The van der Waals surface area contributed by atoms with Crippen LogP contribution >= 0.6 is 0 Å². The van der Waals surface area contributed by atoms with Crippen LogP contribution in [0.1, 0.15) is 29.4 Å². The largest absolute Gasteiger partial charge is 0.330 e. The average molecular weight is 257 g/mol. The van der Waals surface area contributed by atoms with Gasteiger partial charge >= 0.3 is 0 Å². The van der Waals surface area contributed by atoms with Gasteiger partial charge in [0.2, 0.25) is 0 Å². The molecule has 102 valence electrons. The van der Waals surface area contributed by atoms with Crippen molar-refractivity contribution in [2.45, 2.75) is 34.1 Å². The first-order valence-electron chi connectivity index (χ1n) is 6.85. The van der Waals surface area contributed by atoms with E-state index >= 15 is 0 Å². The van der Waals surface area contributed by atoms with Crippen molar-refractivity contribution in [2.75, 3.05) is 6.54 Å². The van der Waals surface area contributed by atoms with Crippen LogP contribution in [0.25, 0.3) is 5.69 Å². The molecule has 2 N–H and O–H groups in total. The molecule has 0 amide bonds. The van der Waals surface area contributed by atoms with Crippen LogP contribution in [0.2, 0.25) is 0 Å². The number of aryl methyl sites for hydroxylation is 2. The van der Waals surface area contributed by atoms with E-state index in [0.717, 1.165) is 17.8 Å². The summed E-state index contributed by atoms with van der Waals surface area (Å²) in [5.41, 5.74) is 11.8. The fraction of sp³-hybridized carbons (Fsp3) is 0.438. The van der Waals surface area contributed by atoms with Crippen LogP contribution in [-0.4, -0.2) is 16.3 Å². The van der Waals surface area contributed by atoms with E-state index in [1.54, 1.807) is 0 Å². The minimum absolute atomic E-state index is 0.493. The number of benzene rings is 1. The Morgan fingerprint density at radius 2 is 2.00 bits per heavy atom. The van der Waals surface area contributed by atoms with Gasteiger partial charge < -0.3 is 5.73 Å². The summed E-state index contributed by atoms with van der Waals surface area (Å²) in [6.07, 6.45) is 1.000. The Morgan fingerprint density at radius 3 is 2.63 bits per heavy atom. The molecular weight excluding hydrogens is 234 g/mol. The molecule has 1 aromatic carbocycles. The molecule has 1 unspecified atom stereocenters. The van der Waals surface area contributed by atoms with E-state index in [2.05, 4.69) is 57.1 Å². The Balaban J connectivity index is 2.41. The molecule has 0 saturated heterocycles. The summed E-state index contributed by atoms with van der Waals surface area (Å²) in [6.45, 7) is 9.22. The lowest BCUT2D eigenvalue weighted by Gasteiger charge is -2.09. The van der Waals surface area contributed by atoms with Gasteiger partial charge in [-0.2, -0.15) is 5.10 Å². The van der Waals surface area contributed by atoms with Crippen LogP contribution in [0.5, 0.6) is 0 Å². The zero-order valence-electron chi connectivity index (χ0n) is 12.3. The lowest BCUT2D eigenvalue weighted by molar-refractivity contribution is 0.589. The van der Waals surface area contributed by atoms with Crippen molar-refractivity contribution in [1.82, 2.24) is 9.78 Å². The number of nitrogens with two attached hydrogens (primary N) is 1. The van der Waals surface area contributed by atoms with Gasteiger partial charge in [0.1, 0.15) is 0 Å². The summed E-state index contributed by atoms with van der Waals surface area (Å²) in [4.78, 5) is 0. The normalized spacial score (nSPS) is 12.7. The fourth-order valence-corrected chi connectivity index (χ4v) is 2.41. The molecule has 0 saturated carbocycles. The molecule has 0 aliphatic carbocycles. The lowest BCUT2D eigenvalue weighted by Crippen LogP contribution is -2.14. The third-order valence-corrected chi connectivity index (χ3v) is 3.64. The highest BCUT2D eigenvalue weighted by atomic mass is 15.3. The maximum absolute atomic E-state index is 5.73. The third kappa shape index (κ3) is 2.87. The van der Waals surface area contributed by atoms with Crippen molar-refractivity contribution in [2.24, 2.45) is 11.7 Å². The van der Waals surface area contributed by atoms with Crippen LogP contribution < -0.4 is 5.73 Å². The van der Waals surface area contributed by atoms with E-state index in [-0.39, 0.29) is 0 Å². The summed E-state index contributed by atoms with van der Waals surface area (Å²) in [5.74, 6) is 0.493. The Hall–Kier alpha value is -1.61. The van der Waals surface area contributed by atoms with Gasteiger partial charge in [-0.3, -0.25) is 0 Å². The van der Waals surface area contributed by atoms with Crippen LogP contribution in [0.3, 0.4) is 0 Å². The van der Waals surface area contributed by atoms with Crippen molar-refractivity contribution in [3.05, 3.63) is 46.8 Å². The minimum Gasteiger partial charge on any atom is -0.330 e. The smallest absolute Gasteiger partial charge is 0.0651 e. The van der Waals surface area contributed by atoms with Gasteiger partial charge in [0.15, 0.2) is 0 Å². The second-order valence-electron chi connectivity index (χ2n) is 5.45. The summed E-state index contributed by atoms with van der Waals surface area (Å²) in [5, 5.41) is 4.68. The second-order valence-corrected chi connectivity index (χ2v) is 5.45. The van der Waals surface area contributed by atoms with Gasteiger partial charge in [-0.1, -0.05) is 19.1 Å². The number of hydrogen-bond acceptors (Lipinski definition) is 2. The van der Waals surface area contributed by atoms with Gasteiger partial charge in [0, 0.05) is 5.69 Å². The molecule has 2 rings (SSSR count). The number of rotatable bonds is 4. The Labute approximate surface area is 115 Å². The first-order chi connectivity index (χ1) is 9.02. The standard InChI is InChI=1S/C16H23N3/c1-11-6-5-7-15(8-11)19-14(4)16(13(3)18-19)9-12(2)10-17/h5-8,12H,9-10,17H2,1-4H3. The SMILES string of the molecule is Cc1cccc(-n2nc(C)c(CC(C)CN)c2C)c1. The molecule has 0 fully saturated rings. The zero-order valence-corrected chi connectivity index (χ0v) is 12.3. The van der Waals surface area contributed by atoms with E-state index in [0.29, 0.717) is 12.5 Å². The molecular formula is C16H23N3. The highest BCUT2D eigenvalue weighted by molar-refractivity contribution is 5.39. The van der Waals surface area contributed by atoms with Gasteiger partial charge in [0.25, 0.3) is 0 Å². The minimum atomic E-state index is 0.493. The first-order valence-corrected chi connectivity index (χ1v) is 6.85. The van der Waals surface area contributed by atoms with Crippen molar-refractivity contribution >= 4 is 0 Å². The molecule has 1 aromatic heterocycles. The van der Waals surface area contributed by atoms with Gasteiger partial charge in [0.05, 0.1) is 11.4 Å². The molecule has 0 spiro atoms. The fourth-order valence-electron chi connectivity index (χ4n) is 2.41. The molecule has 0 bridgehead atoms. The molecule has 1 atom stereocenters. The molecule has 0 aliphatic rings. The Morgan fingerprint density at radius 1 is 1.26 bits per heavy atom. The van der Waals surface area contributed by atoms with E-state index < -0.39 is 0 Å². The predicted octanol–water partition coefficient (Wildman–Crippen LogP) is 2.93. The molecule has 3 nitrogen and oxygen atoms in total. The molecule has 3 heteroatoms.